The fourth-order valence-electron chi connectivity index (χ4n) is 1.40. The standard InChI is InChI=1S/C13H15F3N2O3S/c1-8(17-22(21)12(2,3)4)9-5-10(13(14,15)16)7-11(6-9)18(19)20/h5-7H,1-4H3/b17-8-/t22-/m1/s1. The second kappa shape index (κ2) is 6.15. The van der Waals surface area contributed by atoms with Gasteiger partial charge in [-0.05, 0) is 33.8 Å². The average molecular weight is 336 g/mol. The first-order chi connectivity index (χ1) is 9.82. The summed E-state index contributed by atoms with van der Waals surface area (Å²) >= 11 is 0. The number of benzene rings is 1. The Morgan fingerprint density at radius 3 is 2.18 bits per heavy atom. The Hall–Kier alpha value is -1.77. The molecule has 0 radical (unpaired) electrons. The van der Waals surface area contributed by atoms with E-state index in [0.29, 0.717) is 6.07 Å². The van der Waals surface area contributed by atoms with Gasteiger partial charge in [-0.2, -0.15) is 17.6 Å². The van der Waals surface area contributed by atoms with Gasteiger partial charge in [0.05, 0.1) is 20.9 Å². The topological polar surface area (TPSA) is 72.6 Å². The van der Waals surface area contributed by atoms with Crippen molar-refractivity contribution >= 4 is 22.4 Å². The molecule has 0 amide bonds. The van der Waals surface area contributed by atoms with Crippen LogP contribution in [0.1, 0.15) is 38.8 Å². The average Bonchev–Trinajstić information content (AvgIpc) is 2.35. The molecule has 22 heavy (non-hydrogen) atoms. The molecule has 0 aliphatic rings. The Kier molecular flexibility index (Phi) is 5.11. The normalized spacial score (nSPS) is 14.8. The second-order valence-corrected chi connectivity index (χ2v) is 7.47. The maximum Gasteiger partial charge on any atom is 0.416 e. The fraction of sp³-hybridized carbons (Fsp3) is 0.462. The highest BCUT2D eigenvalue weighted by Gasteiger charge is 2.33. The second-order valence-electron chi connectivity index (χ2n) is 5.56. The van der Waals surface area contributed by atoms with Gasteiger partial charge in [-0.25, -0.2) is 4.21 Å². The minimum atomic E-state index is -4.72. The van der Waals surface area contributed by atoms with E-state index in [1.165, 1.54) is 6.92 Å². The number of hydrogen-bond acceptors (Lipinski definition) is 3. The molecule has 5 nitrogen and oxygen atoms in total. The lowest BCUT2D eigenvalue weighted by Gasteiger charge is -2.14. The smallest absolute Gasteiger partial charge is 0.258 e. The molecular weight excluding hydrogens is 321 g/mol. The van der Waals surface area contributed by atoms with Crippen molar-refractivity contribution in [2.24, 2.45) is 4.40 Å². The molecule has 122 valence electrons. The van der Waals surface area contributed by atoms with Crippen LogP contribution >= 0.6 is 0 Å². The van der Waals surface area contributed by atoms with E-state index < -0.39 is 38.1 Å². The van der Waals surface area contributed by atoms with Crippen molar-refractivity contribution in [3.63, 3.8) is 0 Å². The number of nitro groups is 1. The molecule has 1 aromatic rings. The lowest BCUT2D eigenvalue weighted by atomic mass is 10.1. The molecule has 9 heteroatoms. The number of nitro benzene ring substituents is 1. The van der Waals surface area contributed by atoms with Crippen molar-refractivity contribution in [1.82, 2.24) is 0 Å². The van der Waals surface area contributed by atoms with Crippen LogP contribution in [0.5, 0.6) is 0 Å². The summed E-state index contributed by atoms with van der Waals surface area (Å²) < 4.78 is 53.5. The highest BCUT2D eigenvalue weighted by Crippen LogP contribution is 2.32. The van der Waals surface area contributed by atoms with Crippen LogP contribution in [0.25, 0.3) is 0 Å². The van der Waals surface area contributed by atoms with Gasteiger partial charge >= 0.3 is 6.18 Å². The van der Waals surface area contributed by atoms with Gasteiger partial charge in [0.25, 0.3) is 5.69 Å². The minimum Gasteiger partial charge on any atom is -0.258 e. The Balaban J connectivity index is 3.41. The number of alkyl halides is 3. The van der Waals surface area contributed by atoms with Crippen LogP contribution in [0, 0.1) is 10.1 Å². The summed E-state index contributed by atoms with van der Waals surface area (Å²) in [7, 11) is -1.68. The summed E-state index contributed by atoms with van der Waals surface area (Å²) in [5.41, 5.74) is -1.88. The molecule has 0 aliphatic carbocycles. The fourth-order valence-corrected chi connectivity index (χ4v) is 2.03. The Bertz CT molecular complexity index is 649. The quantitative estimate of drug-likeness (QED) is 0.477. The van der Waals surface area contributed by atoms with Crippen molar-refractivity contribution in [3.05, 3.63) is 39.4 Å². The third-order valence-corrected chi connectivity index (χ3v) is 4.10. The van der Waals surface area contributed by atoms with E-state index in [9.17, 15) is 27.5 Å². The molecule has 0 heterocycles. The van der Waals surface area contributed by atoms with E-state index in [1.807, 2.05) is 0 Å². The van der Waals surface area contributed by atoms with E-state index >= 15 is 0 Å². The predicted octanol–water partition coefficient (Wildman–Crippen LogP) is 3.88. The zero-order chi connectivity index (χ0) is 17.3. The van der Waals surface area contributed by atoms with Gasteiger partial charge in [-0.15, -0.1) is 0 Å². The van der Waals surface area contributed by atoms with Gasteiger partial charge in [-0.3, -0.25) is 10.1 Å². The van der Waals surface area contributed by atoms with Crippen LogP contribution in [0.2, 0.25) is 0 Å². The number of nitrogens with zero attached hydrogens (tertiary/aromatic N) is 2. The largest absolute Gasteiger partial charge is 0.416 e. The number of hydrogen-bond donors (Lipinski definition) is 0. The first kappa shape index (κ1) is 18.3. The summed E-state index contributed by atoms with van der Waals surface area (Å²) in [6, 6.07) is 2.19. The summed E-state index contributed by atoms with van der Waals surface area (Å²) in [6.45, 7) is 6.35. The zero-order valence-corrected chi connectivity index (χ0v) is 13.2. The minimum absolute atomic E-state index is 0.0439. The van der Waals surface area contributed by atoms with Crippen molar-refractivity contribution in [2.45, 2.75) is 38.6 Å². The number of halogens is 3. The van der Waals surface area contributed by atoms with E-state index in [4.69, 9.17) is 0 Å². The van der Waals surface area contributed by atoms with Crippen LogP contribution in [-0.2, 0) is 17.2 Å². The highest BCUT2D eigenvalue weighted by molar-refractivity contribution is 7.85. The van der Waals surface area contributed by atoms with E-state index in [-0.39, 0.29) is 11.3 Å². The molecule has 0 bridgehead atoms. The van der Waals surface area contributed by atoms with E-state index in [2.05, 4.69) is 4.40 Å². The van der Waals surface area contributed by atoms with Gasteiger partial charge in [-0.1, -0.05) is 0 Å². The Morgan fingerprint density at radius 1 is 1.23 bits per heavy atom. The van der Waals surface area contributed by atoms with Crippen molar-refractivity contribution < 1.29 is 22.3 Å². The molecule has 0 N–H and O–H groups in total. The van der Waals surface area contributed by atoms with Gasteiger partial charge in [0, 0.05) is 17.7 Å². The Morgan fingerprint density at radius 2 is 1.77 bits per heavy atom. The van der Waals surface area contributed by atoms with Crippen LogP contribution in [-0.4, -0.2) is 19.6 Å². The molecule has 0 fully saturated rings. The van der Waals surface area contributed by atoms with Gasteiger partial charge in [0.15, 0.2) is 0 Å². The first-order valence-corrected chi connectivity index (χ1v) is 7.27. The Labute approximate surface area is 128 Å². The highest BCUT2D eigenvalue weighted by atomic mass is 32.2. The van der Waals surface area contributed by atoms with Crippen molar-refractivity contribution in [1.29, 1.82) is 0 Å². The van der Waals surface area contributed by atoms with Crippen molar-refractivity contribution in [2.75, 3.05) is 0 Å². The molecule has 0 aliphatic heterocycles. The van der Waals surface area contributed by atoms with Crippen LogP contribution < -0.4 is 0 Å². The van der Waals surface area contributed by atoms with Crippen LogP contribution in [0.3, 0.4) is 0 Å². The maximum atomic E-state index is 12.8. The van der Waals surface area contributed by atoms with Crippen LogP contribution in [0.15, 0.2) is 22.6 Å². The summed E-state index contributed by atoms with van der Waals surface area (Å²) in [5.74, 6) is 0. The SMILES string of the molecule is C/C(=N/[S@](=O)C(C)(C)C)c1cc([N+](=O)[O-])cc(C(F)(F)F)c1. The predicted molar refractivity (Wildman–Crippen MR) is 78.2 cm³/mol. The van der Waals surface area contributed by atoms with Crippen molar-refractivity contribution in [3.8, 4) is 0 Å². The maximum absolute atomic E-state index is 12.8. The lowest BCUT2D eigenvalue weighted by Crippen LogP contribution is -2.20. The molecule has 0 aromatic heterocycles. The molecule has 0 saturated carbocycles. The molecule has 1 rings (SSSR count). The zero-order valence-electron chi connectivity index (χ0n) is 12.4. The monoisotopic (exact) mass is 336 g/mol. The first-order valence-electron chi connectivity index (χ1n) is 6.16. The number of rotatable bonds is 3. The third kappa shape index (κ3) is 4.62. The van der Waals surface area contributed by atoms with Gasteiger partial charge < -0.3 is 0 Å². The molecule has 0 saturated heterocycles. The van der Waals surface area contributed by atoms with E-state index in [1.54, 1.807) is 20.8 Å². The lowest BCUT2D eigenvalue weighted by molar-refractivity contribution is -0.385. The summed E-state index contributed by atoms with van der Waals surface area (Å²) in [6.07, 6.45) is -4.72. The molecule has 0 spiro atoms. The van der Waals surface area contributed by atoms with Crippen LogP contribution in [0.4, 0.5) is 18.9 Å². The molecule has 0 unspecified atom stereocenters. The molecular formula is C13H15F3N2O3S. The summed E-state index contributed by atoms with van der Waals surface area (Å²) in [4.78, 5) is 9.86. The van der Waals surface area contributed by atoms with Gasteiger partial charge in [0.1, 0.15) is 11.0 Å². The van der Waals surface area contributed by atoms with Gasteiger partial charge in [0.2, 0.25) is 0 Å². The third-order valence-electron chi connectivity index (χ3n) is 2.62. The molecule has 1 atom stereocenters. The molecule has 1 aromatic carbocycles. The summed E-state index contributed by atoms with van der Waals surface area (Å²) in [5, 5.41) is 10.8. The number of non-ortho nitro benzene ring substituents is 1. The van der Waals surface area contributed by atoms with E-state index in [0.717, 1.165) is 12.1 Å².